The van der Waals surface area contributed by atoms with E-state index in [-0.39, 0.29) is 5.91 Å². The van der Waals surface area contributed by atoms with Crippen molar-refractivity contribution in [2.45, 2.75) is 31.7 Å². The fourth-order valence-corrected chi connectivity index (χ4v) is 2.90. The van der Waals surface area contributed by atoms with Crippen molar-refractivity contribution in [2.75, 3.05) is 25.6 Å². The molecular weight excluding hydrogens is 332 g/mol. The van der Waals surface area contributed by atoms with Crippen molar-refractivity contribution in [2.24, 2.45) is 0 Å². The zero-order chi connectivity index (χ0) is 18.2. The van der Waals surface area contributed by atoms with Gasteiger partial charge in [0.1, 0.15) is 23.8 Å². The SMILES string of the molecule is COc1ccc(OCCNC(=O)c2ccnc(NC3CCCC3)n2)cc1. The highest BCUT2D eigenvalue weighted by molar-refractivity contribution is 5.92. The Labute approximate surface area is 153 Å². The topological polar surface area (TPSA) is 85.4 Å². The van der Waals surface area contributed by atoms with Crippen LogP contribution in [0.15, 0.2) is 36.5 Å². The molecule has 1 aromatic heterocycles. The van der Waals surface area contributed by atoms with Crippen LogP contribution in [-0.4, -0.2) is 42.2 Å². The van der Waals surface area contributed by atoms with Gasteiger partial charge in [-0.15, -0.1) is 0 Å². The van der Waals surface area contributed by atoms with Crippen LogP contribution in [0.25, 0.3) is 0 Å². The van der Waals surface area contributed by atoms with Crippen molar-refractivity contribution >= 4 is 11.9 Å². The molecule has 0 spiro atoms. The van der Waals surface area contributed by atoms with Crippen LogP contribution >= 0.6 is 0 Å². The number of ether oxygens (including phenoxy) is 2. The second-order valence-corrected chi connectivity index (χ2v) is 6.17. The number of methoxy groups -OCH3 is 1. The Bertz CT molecular complexity index is 715. The lowest BCUT2D eigenvalue weighted by molar-refractivity contribution is 0.0942. The molecule has 2 aromatic rings. The molecule has 1 aliphatic rings. The Morgan fingerprint density at radius 2 is 1.88 bits per heavy atom. The number of amides is 1. The molecule has 0 unspecified atom stereocenters. The van der Waals surface area contributed by atoms with Crippen molar-refractivity contribution in [3.8, 4) is 11.5 Å². The molecule has 26 heavy (non-hydrogen) atoms. The highest BCUT2D eigenvalue weighted by Crippen LogP contribution is 2.20. The fourth-order valence-electron chi connectivity index (χ4n) is 2.90. The first kappa shape index (κ1) is 18.0. The average Bonchev–Trinajstić information content (AvgIpc) is 3.19. The third kappa shape index (κ3) is 5.08. The molecule has 0 radical (unpaired) electrons. The Morgan fingerprint density at radius 3 is 2.62 bits per heavy atom. The predicted octanol–water partition coefficient (Wildman–Crippen LogP) is 2.65. The van der Waals surface area contributed by atoms with Crippen LogP contribution < -0.4 is 20.1 Å². The molecule has 7 nitrogen and oxygen atoms in total. The summed E-state index contributed by atoms with van der Waals surface area (Å²) in [5, 5.41) is 6.10. The smallest absolute Gasteiger partial charge is 0.270 e. The molecule has 1 fully saturated rings. The summed E-state index contributed by atoms with van der Waals surface area (Å²) >= 11 is 0. The van der Waals surface area contributed by atoms with Crippen molar-refractivity contribution in [3.05, 3.63) is 42.2 Å². The summed E-state index contributed by atoms with van der Waals surface area (Å²) in [7, 11) is 1.62. The average molecular weight is 356 g/mol. The van der Waals surface area contributed by atoms with E-state index in [9.17, 15) is 4.79 Å². The second-order valence-electron chi connectivity index (χ2n) is 6.17. The summed E-state index contributed by atoms with van der Waals surface area (Å²) in [5.74, 6) is 1.78. The van der Waals surface area contributed by atoms with Gasteiger partial charge in [0.2, 0.25) is 5.95 Å². The van der Waals surface area contributed by atoms with Gasteiger partial charge in [-0.25, -0.2) is 9.97 Å². The largest absolute Gasteiger partial charge is 0.497 e. The summed E-state index contributed by atoms with van der Waals surface area (Å²) in [5.41, 5.74) is 0.352. The first-order chi connectivity index (χ1) is 12.7. The second kappa shape index (κ2) is 9.03. The monoisotopic (exact) mass is 356 g/mol. The molecule has 1 amide bonds. The summed E-state index contributed by atoms with van der Waals surface area (Å²) in [6.07, 6.45) is 6.32. The van der Waals surface area contributed by atoms with Crippen molar-refractivity contribution in [1.29, 1.82) is 0 Å². The minimum Gasteiger partial charge on any atom is -0.497 e. The van der Waals surface area contributed by atoms with Crippen molar-refractivity contribution in [3.63, 3.8) is 0 Å². The number of carbonyl (C=O) groups is 1. The molecule has 138 valence electrons. The van der Waals surface area contributed by atoms with Crippen molar-refractivity contribution in [1.82, 2.24) is 15.3 Å². The molecule has 0 atom stereocenters. The standard InChI is InChI=1S/C19H24N4O3/c1-25-15-6-8-16(9-7-15)26-13-12-20-18(24)17-10-11-21-19(23-17)22-14-4-2-3-5-14/h6-11,14H,2-5,12-13H2,1H3,(H,20,24)(H,21,22,23). The highest BCUT2D eigenvalue weighted by atomic mass is 16.5. The Balaban J connectivity index is 1.43. The molecular formula is C19H24N4O3. The molecule has 3 rings (SSSR count). The van der Waals surface area contributed by atoms with Gasteiger partial charge >= 0.3 is 0 Å². The van der Waals surface area contributed by atoms with Gasteiger partial charge in [0.25, 0.3) is 5.91 Å². The van der Waals surface area contributed by atoms with E-state index in [2.05, 4.69) is 20.6 Å². The maximum atomic E-state index is 12.2. The van der Waals surface area contributed by atoms with E-state index in [0.717, 1.165) is 24.3 Å². The van der Waals surface area contributed by atoms with Crippen LogP contribution in [0.3, 0.4) is 0 Å². The lowest BCUT2D eigenvalue weighted by atomic mass is 10.2. The van der Waals surface area contributed by atoms with Gasteiger partial charge in [-0.2, -0.15) is 0 Å². The number of nitrogens with one attached hydrogen (secondary N) is 2. The van der Waals surface area contributed by atoms with Gasteiger partial charge in [-0.05, 0) is 43.2 Å². The van der Waals surface area contributed by atoms with Crippen LogP contribution in [-0.2, 0) is 0 Å². The van der Waals surface area contributed by atoms with Crippen LogP contribution in [0.4, 0.5) is 5.95 Å². The van der Waals surface area contributed by atoms with E-state index in [1.165, 1.54) is 12.8 Å². The molecule has 2 N–H and O–H groups in total. The maximum Gasteiger partial charge on any atom is 0.270 e. The molecule has 1 saturated carbocycles. The van der Waals surface area contributed by atoms with Crippen LogP contribution in [0.2, 0.25) is 0 Å². The minimum absolute atomic E-state index is 0.236. The normalized spacial score (nSPS) is 14.0. The maximum absolute atomic E-state index is 12.2. The number of aromatic nitrogens is 2. The quantitative estimate of drug-likeness (QED) is 0.707. The minimum atomic E-state index is -0.236. The zero-order valence-electron chi connectivity index (χ0n) is 14.9. The lowest BCUT2D eigenvalue weighted by Crippen LogP contribution is -2.29. The number of hydrogen-bond acceptors (Lipinski definition) is 6. The molecule has 0 aliphatic heterocycles. The fraction of sp³-hybridized carbons (Fsp3) is 0.421. The number of rotatable bonds is 8. The van der Waals surface area contributed by atoms with Gasteiger partial charge in [0.15, 0.2) is 0 Å². The third-order valence-corrected chi connectivity index (χ3v) is 4.29. The van der Waals surface area contributed by atoms with Gasteiger partial charge < -0.3 is 20.1 Å². The molecule has 0 saturated heterocycles. The van der Waals surface area contributed by atoms with Gasteiger partial charge in [-0.3, -0.25) is 4.79 Å². The Morgan fingerprint density at radius 1 is 1.15 bits per heavy atom. The number of carbonyl (C=O) groups excluding carboxylic acids is 1. The number of hydrogen-bond donors (Lipinski definition) is 2. The van der Waals surface area contributed by atoms with Crippen molar-refractivity contribution < 1.29 is 14.3 Å². The zero-order valence-corrected chi connectivity index (χ0v) is 14.9. The lowest BCUT2D eigenvalue weighted by Gasteiger charge is -2.12. The van der Waals surface area contributed by atoms with Crippen LogP contribution in [0, 0.1) is 0 Å². The number of nitrogens with zero attached hydrogens (tertiary/aromatic N) is 2. The highest BCUT2D eigenvalue weighted by Gasteiger charge is 2.16. The third-order valence-electron chi connectivity index (χ3n) is 4.29. The van der Waals surface area contributed by atoms with Crippen LogP contribution in [0.1, 0.15) is 36.2 Å². The number of anilines is 1. The van der Waals surface area contributed by atoms with E-state index in [1.54, 1.807) is 19.4 Å². The van der Waals surface area contributed by atoms with Crippen LogP contribution in [0.5, 0.6) is 11.5 Å². The van der Waals surface area contributed by atoms with E-state index in [4.69, 9.17) is 9.47 Å². The van der Waals surface area contributed by atoms with E-state index in [0.29, 0.717) is 30.8 Å². The van der Waals surface area contributed by atoms with Gasteiger partial charge in [0, 0.05) is 12.2 Å². The Hall–Kier alpha value is -2.83. The first-order valence-electron chi connectivity index (χ1n) is 8.89. The van der Waals surface area contributed by atoms with E-state index < -0.39 is 0 Å². The van der Waals surface area contributed by atoms with E-state index >= 15 is 0 Å². The molecule has 1 aliphatic carbocycles. The van der Waals surface area contributed by atoms with Gasteiger partial charge in [0.05, 0.1) is 13.7 Å². The summed E-state index contributed by atoms with van der Waals surface area (Å²) in [4.78, 5) is 20.7. The molecule has 1 heterocycles. The molecule has 1 aromatic carbocycles. The summed E-state index contributed by atoms with van der Waals surface area (Å²) in [6, 6.07) is 9.32. The molecule has 7 heteroatoms. The van der Waals surface area contributed by atoms with E-state index in [1.807, 2.05) is 24.3 Å². The predicted molar refractivity (Wildman–Crippen MR) is 98.7 cm³/mol. The summed E-state index contributed by atoms with van der Waals surface area (Å²) in [6.45, 7) is 0.761. The molecule has 0 bridgehead atoms. The Kier molecular flexibility index (Phi) is 6.24. The first-order valence-corrected chi connectivity index (χ1v) is 8.89. The number of benzene rings is 1. The summed E-state index contributed by atoms with van der Waals surface area (Å²) < 4.78 is 10.7. The van der Waals surface area contributed by atoms with Gasteiger partial charge in [-0.1, -0.05) is 12.8 Å².